The van der Waals surface area contributed by atoms with Crippen LogP contribution in [-0.2, 0) is 0 Å². The molecule has 0 unspecified atom stereocenters. The van der Waals surface area contributed by atoms with Gasteiger partial charge in [-0.3, -0.25) is 0 Å². The largest absolute Gasteiger partial charge is 0.393 e. The van der Waals surface area contributed by atoms with Gasteiger partial charge in [-0.1, -0.05) is 27.2 Å². The lowest BCUT2D eigenvalue weighted by atomic mass is 9.43. The van der Waals surface area contributed by atoms with Crippen molar-refractivity contribution in [2.24, 2.45) is 52.3 Å². The lowest BCUT2D eigenvalue weighted by molar-refractivity contribution is -0.148. The van der Waals surface area contributed by atoms with Crippen LogP contribution >= 0.6 is 0 Å². The molecule has 2 nitrogen and oxygen atoms in total. The van der Waals surface area contributed by atoms with E-state index in [0.29, 0.717) is 16.7 Å². The highest BCUT2D eigenvalue weighted by molar-refractivity contribution is 5.10. The van der Waals surface area contributed by atoms with Gasteiger partial charge in [0.2, 0.25) is 0 Å². The molecule has 2 heteroatoms. The molecule has 5 saturated carbocycles. The van der Waals surface area contributed by atoms with Gasteiger partial charge in [0.15, 0.2) is 0 Å². The summed E-state index contributed by atoms with van der Waals surface area (Å²) in [6, 6.07) is 0. The van der Waals surface area contributed by atoms with E-state index in [4.69, 9.17) is 0 Å². The van der Waals surface area contributed by atoms with Crippen LogP contribution in [0, 0.1) is 52.3 Å². The fraction of sp³-hybridized carbons (Fsp3) is 1.00. The highest BCUT2D eigenvalue weighted by Gasteiger charge is 2.61. The van der Waals surface area contributed by atoms with Crippen molar-refractivity contribution in [3.8, 4) is 0 Å². The first kappa shape index (κ1) is 22.7. The quantitative estimate of drug-likeness (QED) is 0.494. The van der Waals surface area contributed by atoms with E-state index in [9.17, 15) is 10.2 Å². The normalized spacial score (nSPS) is 51.9. The summed E-state index contributed by atoms with van der Waals surface area (Å²) in [5.41, 5.74) is 0.590. The van der Waals surface area contributed by atoms with Crippen molar-refractivity contribution in [2.75, 3.05) is 0 Å². The van der Waals surface area contributed by atoms with Crippen LogP contribution in [0.2, 0.25) is 0 Å². The van der Waals surface area contributed by atoms with Crippen LogP contribution in [0.1, 0.15) is 118 Å². The standard InChI is InChI=1S/C29H50O2/c1-19(8-13-26(30)20-6-5-7-20)23-11-12-24-22-10-9-21-18-27(2,31)16-17-28(21,3)25(22)14-15-29(23,24)4/h19-26,30-31H,5-18H2,1-4H3/t19-,21+,22+,23-,24+,25+,26+,27+,28+,29-/m1/s1. The Kier molecular flexibility index (Phi) is 5.86. The topological polar surface area (TPSA) is 40.5 Å². The molecule has 0 heterocycles. The number of fused-ring (bicyclic) bond motifs is 5. The van der Waals surface area contributed by atoms with Crippen LogP contribution in [0.3, 0.4) is 0 Å². The lowest BCUT2D eigenvalue weighted by Crippen LogP contribution is -2.55. The summed E-state index contributed by atoms with van der Waals surface area (Å²) in [7, 11) is 0. The molecule has 5 rings (SSSR count). The summed E-state index contributed by atoms with van der Waals surface area (Å²) in [4.78, 5) is 0. The number of hydrogen-bond donors (Lipinski definition) is 2. The molecule has 0 radical (unpaired) electrons. The summed E-state index contributed by atoms with van der Waals surface area (Å²) in [5.74, 6) is 5.74. The van der Waals surface area contributed by atoms with Crippen molar-refractivity contribution >= 4 is 0 Å². The molecular weight excluding hydrogens is 380 g/mol. The minimum Gasteiger partial charge on any atom is -0.393 e. The fourth-order valence-corrected chi connectivity index (χ4v) is 10.1. The Morgan fingerprint density at radius 1 is 0.806 bits per heavy atom. The summed E-state index contributed by atoms with van der Waals surface area (Å²) < 4.78 is 0. The molecule has 0 aromatic carbocycles. The van der Waals surface area contributed by atoms with E-state index in [1.165, 1.54) is 70.6 Å². The van der Waals surface area contributed by atoms with Crippen LogP contribution in [0.15, 0.2) is 0 Å². The smallest absolute Gasteiger partial charge is 0.0622 e. The molecule has 0 amide bonds. The molecule has 178 valence electrons. The molecule has 0 bridgehead atoms. The second kappa shape index (κ2) is 8.00. The molecule has 5 aliphatic rings. The fourth-order valence-electron chi connectivity index (χ4n) is 10.1. The molecule has 0 saturated heterocycles. The molecular formula is C29H50O2. The maximum Gasteiger partial charge on any atom is 0.0622 e. The predicted molar refractivity (Wildman–Crippen MR) is 128 cm³/mol. The third-order valence-corrected chi connectivity index (χ3v) is 12.3. The van der Waals surface area contributed by atoms with Crippen molar-refractivity contribution in [3.63, 3.8) is 0 Å². The molecule has 0 aromatic rings. The Bertz CT molecular complexity index is 653. The van der Waals surface area contributed by atoms with E-state index < -0.39 is 5.60 Å². The molecule has 0 aromatic heterocycles. The molecule has 0 aliphatic heterocycles. The third kappa shape index (κ3) is 3.74. The van der Waals surface area contributed by atoms with E-state index in [1.807, 2.05) is 0 Å². The Labute approximate surface area is 192 Å². The van der Waals surface area contributed by atoms with Crippen molar-refractivity contribution in [1.82, 2.24) is 0 Å². The average molecular weight is 431 g/mol. The zero-order valence-electron chi connectivity index (χ0n) is 20.9. The van der Waals surface area contributed by atoms with Gasteiger partial charge in [0.05, 0.1) is 11.7 Å². The number of aliphatic hydroxyl groups excluding tert-OH is 1. The minimum absolute atomic E-state index is 0.0318. The van der Waals surface area contributed by atoms with Crippen molar-refractivity contribution in [3.05, 3.63) is 0 Å². The van der Waals surface area contributed by atoms with Gasteiger partial charge in [-0.05, 0) is 143 Å². The van der Waals surface area contributed by atoms with Crippen molar-refractivity contribution in [2.45, 2.75) is 129 Å². The highest BCUT2D eigenvalue weighted by Crippen LogP contribution is 2.68. The van der Waals surface area contributed by atoms with Gasteiger partial charge in [0, 0.05) is 0 Å². The third-order valence-electron chi connectivity index (χ3n) is 12.3. The summed E-state index contributed by atoms with van der Waals surface area (Å²) in [6.45, 7) is 9.88. The summed E-state index contributed by atoms with van der Waals surface area (Å²) >= 11 is 0. The molecule has 10 atom stereocenters. The zero-order valence-corrected chi connectivity index (χ0v) is 20.9. The van der Waals surface area contributed by atoms with Gasteiger partial charge in [0.1, 0.15) is 0 Å². The first-order valence-electron chi connectivity index (χ1n) is 14.0. The van der Waals surface area contributed by atoms with E-state index in [1.54, 1.807) is 0 Å². The van der Waals surface area contributed by atoms with Gasteiger partial charge in [-0.15, -0.1) is 0 Å². The molecule has 0 spiro atoms. The molecule has 5 fully saturated rings. The van der Waals surface area contributed by atoms with Crippen LogP contribution in [-0.4, -0.2) is 21.9 Å². The number of rotatable bonds is 5. The van der Waals surface area contributed by atoms with Crippen molar-refractivity contribution in [1.29, 1.82) is 0 Å². The van der Waals surface area contributed by atoms with E-state index in [2.05, 4.69) is 27.7 Å². The van der Waals surface area contributed by atoms with Crippen LogP contribution in [0.5, 0.6) is 0 Å². The van der Waals surface area contributed by atoms with Crippen LogP contribution < -0.4 is 0 Å². The number of hydrogen-bond acceptors (Lipinski definition) is 2. The molecule has 31 heavy (non-hydrogen) atoms. The Morgan fingerprint density at radius 2 is 1.55 bits per heavy atom. The highest BCUT2D eigenvalue weighted by atomic mass is 16.3. The van der Waals surface area contributed by atoms with Gasteiger partial charge < -0.3 is 10.2 Å². The molecule has 5 aliphatic carbocycles. The van der Waals surface area contributed by atoms with E-state index >= 15 is 0 Å². The predicted octanol–water partition coefficient (Wildman–Crippen LogP) is 6.97. The minimum atomic E-state index is -0.419. The van der Waals surface area contributed by atoms with E-state index in [-0.39, 0.29) is 6.10 Å². The van der Waals surface area contributed by atoms with Crippen LogP contribution in [0.4, 0.5) is 0 Å². The first-order valence-corrected chi connectivity index (χ1v) is 14.0. The first-order chi connectivity index (χ1) is 14.6. The Balaban J connectivity index is 1.26. The average Bonchev–Trinajstić information content (AvgIpc) is 3.02. The second-order valence-corrected chi connectivity index (χ2v) is 13.9. The van der Waals surface area contributed by atoms with Gasteiger partial charge in [-0.2, -0.15) is 0 Å². The van der Waals surface area contributed by atoms with Gasteiger partial charge in [-0.25, -0.2) is 0 Å². The Morgan fingerprint density at radius 3 is 2.26 bits per heavy atom. The Hall–Kier alpha value is -0.0800. The van der Waals surface area contributed by atoms with Crippen molar-refractivity contribution < 1.29 is 10.2 Å². The summed E-state index contributed by atoms with van der Waals surface area (Å²) in [6.07, 6.45) is 17.9. The number of aliphatic hydroxyl groups is 2. The monoisotopic (exact) mass is 430 g/mol. The van der Waals surface area contributed by atoms with E-state index in [0.717, 1.165) is 54.8 Å². The molecule has 2 N–H and O–H groups in total. The SMILES string of the molecule is C[C@H](CC[C@H](O)C1CCC1)[C@H]1CC[C@H]2[C@@H]3CC[C@H]4C[C@@](C)(O)CC[C@]4(C)[C@H]3CC[C@]12C. The van der Waals surface area contributed by atoms with Gasteiger partial charge in [0.25, 0.3) is 0 Å². The van der Waals surface area contributed by atoms with Gasteiger partial charge >= 0.3 is 0 Å². The van der Waals surface area contributed by atoms with Crippen LogP contribution in [0.25, 0.3) is 0 Å². The lowest BCUT2D eigenvalue weighted by Gasteiger charge is -2.62. The maximum atomic E-state index is 10.7. The maximum absolute atomic E-state index is 10.7. The summed E-state index contributed by atoms with van der Waals surface area (Å²) in [5, 5.41) is 21.3. The zero-order chi connectivity index (χ0) is 22.0. The second-order valence-electron chi connectivity index (χ2n) is 13.9.